The van der Waals surface area contributed by atoms with Gasteiger partial charge in [0.1, 0.15) is 5.03 Å². The Morgan fingerprint density at radius 2 is 2.05 bits per heavy atom. The van der Waals surface area contributed by atoms with E-state index in [1.54, 1.807) is 16.7 Å². The molecular formula is C16H17N3OS. The van der Waals surface area contributed by atoms with E-state index in [1.165, 1.54) is 0 Å². The number of nitrogens with one attached hydrogen (secondary N) is 1. The maximum absolute atomic E-state index is 12.5. The molecule has 1 aliphatic rings. The number of benzene rings is 1. The molecule has 21 heavy (non-hydrogen) atoms. The standard InChI is InChI=1S/C16H17N3OS/c1-11-10-12(2)17-15-14(11)19(8-9-21-15)16(20)18-13-6-4-3-5-7-13/h3-7,10H,8-9H2,1-2H3,(H,18,20). The third kappa shape index (κ3) is 2.88. The number of fused-ring (bicyclic) bond motifs is 1. The number of para-hydroxylation sites is 1. The molecular weight excluding hydrogens is 282 g/mol. The highest BCUT2D eigenvalue weighted by molar-refractivity contribution is 7.99. The highest BCUT2D eigenvalue weighted by Crippen LogP contribution is 2.36. The van der Waals surface area contributed by atoms with Crippen LogP contribution < -0.4 is 10.2 Å². The van der Waals surface area contributed by atoms with Gasteiger partial charge < -0.3 is 5.32 Å². The maximum atomic E-state index is 12.5. The molecule has 0 unspecified atom stereocenters. The minimum Gasteiger partial charge on any atom is -0.308 e. The number of carbonyl (C=O) groups is 1. The van der Waals surface area contributed by atoms with Crippen LogP contribution in [-0.2, 0) is 0 Å². The number of amides is 2. The summed E-state index contributed by atoms with van der Waals surface area (Å²) in [5, 5.41) is 3.89. The molecule has 2 aromatic rings. The molecule has 0 saturated heterocycles. The molecule has 108 valence electrons. The van der Waals surface area contributed by atoms with Crippen molar-refractivity contribution in [3.05, 3.63) is 47.7 Å². The Labute approximate surface area is 128 Å². The second-order valence-corrected chi connectivity index (χ2v) is 6.11. The van der Waals surface area contributed by atoms with Crippen LogP contribution >= 0.6 is 11.8 Å². The lowest BCUT2D eigenvalue weighted by Crippen LogP contribution is -2.39. The van der Waals surface area contributed by atoms with Crippen molar-refractivity contribution in [3.8, 4) is 0 Å². The van der Waals surface area contributed by atoms with E-state index in [0.29, 0.717) is 6.54 Å². The number of aromatic nitrogens is 1. The molecule has 3 rings (SSSR count). The van der Waals surface area contributed by atoms with Crippen molar-refractivity contribution in [1.29, 1.82) is 0 Å². The van der Waals surface area contributed by atoms with Crippen LogP contribution in [0, 0.1) is 13.8 Å². The van der Waals surface area contributed by atoms with Crippen LogP contribution in [0.25, 0.3) is 0 Å². The SMILES string of the molecule is Cc1cc(C)c2c(n1)SCCN2C(=O)Nc1ccccc1. The summed E-state index contributed by atoms with van der Waals surface area (Å²) in [6.45, 7) is 4.71. The molecule has 1 aliphatic heterocycles. The lowest BCUT2D eigenvalue weighted by molar-refractivity contribution is 0.257. The monoisotopic (exact) mass is 299 g/mol. The number of pyridine rings is 1. The number of hydrogen-bond acceptors (Lipinski definition) is 3. The Bertz CT molecular complexity index is 673. The molecule has 0 radical (unpaired) electrons. The number of anilines is 2. The molecule has 0 aliphatic carbocycles. The molecule has 0 bridgehead atoms. The molecule has 4 nitrogen and oxygen atoms in total. The van der Waals surface area contributed by atoms with Gasteiger partial charge in [-0.2, -0.15) is 0 Å². The summed E-state index contributed by atoms with van der Waals surface area (Å²) >= 11 is 1.71. The van der Waals surface area contributed by atoms with Gasteiger partial charge in [0.2, 0.25) is 0 Å². The number of thioether (sulfide) groups is 1. The number of carbonyl (C=O) groups excluding carboxylic acids is 1. The second kappa shape index (κ2) is 5.77. The van der Waals surface area contributed by atoms with Gasteiger partial charge in [0.15, 0.2) is 0 Å². The molecule has 1 aromatic carbocycles. The molecule has 1 aromatic heterocycles. The second-order valence-electron chi connectivity index (χ2n) is 5.03. The zero-order valence-electron chi connectivity index (χ0n) is 12.1. The normalized spacial score (nSPS) is 13.7. The molecule has 0 spiro atoms. The quantitative estimate of drug-likeness (QED) is 0.870. The molecule has 0 saturated carbocycles. The smallest absolute Gasteiger partial charge is 0.308 e. The molecule has 2 heterocycles. The Hall–Kier alpha value is -2.01. The van der Waals surface area contributed by atoms with E-state index in [-0.39, 0.29) is 6.03 Å². The van der Waals surface area contributed by atoms with Gasteiger partial charge in [-0.25, -0.2) is 9.78 Å². The summed E-state index contributed by atoms with van der Waals surface area (Å²) in [5.74, 6) is 0.866. The predicted molar refractivity (Wildman–Crippen MR) is 87.2 cm³/mol. The van der Waals surface area contributed by atoms with Crippen LogP contribution in [-0.4, -0.2) is 23.3 Å². The fourth-order valence-corrected chi connectivity index (χ4v) is 3.57. The Balaban J connectivity index is 1.90. The third-order valence-electron chi connectivity index (χ3n) is 3.37. The van der Waals surface area contributed by atoms with Gasteiger partial charge in [0, 0.05) is 23.7 Å². The third-order valence-corrected chi connectivity index (χ3v) is 4.32. The zero-order chi connectivity index (χ0) is 14.8. The van der Waals surface area contributed by atoms with Gasteiger partial charge in [0.05, 0.1) is 5.69 Å². The van der Waals surface area contributed by atoms with Crippen molar-refractivity contribution in [2.45, 2.75) is 18.9 Å². The maximum Gasteiger partial charge on any atom is 0.326 e. The van der Waals surface area contributed by atoms with Crippen LogP contribution in [0.4, 0.5) is 16.2 Å². The first kappa shape index (κ1) is 13.9. The first-order chi connectivity index (χ1) is 10.1. The topological polar surface area (TPSA) is 45.2 Å². The van der Waals surface area contributed by atoms with Crippen LogP contribution in [0.15, 0.2) is 41.4 Å². The van der Waals surface area contributed by atoms with Gasteiger partial charge in [-0.3, -0.25) is 4.90 Å². The van der Waals surface area contributed by atoms with E-state index < -0.39 is 0 Å². The highest BCUT2D eigenvalue weighted by Gasteiger charge is 2.26. The van der Waals surface area contributed by atoms with Crippen molar-refractivity contribution >= 4 is 29.2 Å². The lowest BCUT2D eigenvalue weighted by Gasteiger charge is -2.30. The fourth-order valence-electron chi connectivity index (χ4n) is 2.49. The molecule has 2 amide bonds. The minimum atomic E-state index is -0.100. The van der Waals surface area contributed by atoms with Crippen molar-refractivity contribution in [2.75, 3.05) is 22.5 Å². The fraction of sp³-hybridized carbons (Fsp3) is 0.250. The first-order valence-electron chi connectivity index (χ1n) is 6.90. The van der Waals surface area contributed by atoms with Crippen LogP contribution in [0.2, 0.25) is 0 Å². The summed E-state index contributed by atoms with van der Waals surface area (Å²) in [6, 6.07) is 11.4. The van der Waals surface area contributed by atoms with Gasteiger partial charge >= 0.3 is 6.03 Å². The molecule has 5 heteroatoms. The minimum absolute atomic E-state index is 0.100. The molecule has 0 fully saturated rings. The van der Waals surface area contributed by atoms with Crippen molar-refractivity contribution < 1.29 is 4.79 Å². The van der Waals surface area contributed by atoms with Crippen molar-refractivity contribution in [3.63, 3.8) is 0 Å². The van der Waals surface area contributed by atoms with E-state index in [9.17, 15) is 4.79 Å². The van der Waals surface area contributed by atoms with Gasteiger partial charge in [0.25, 0.3) is 0 Å². The number of aryl methyl sites for hydroxylation is 2. The van der Waals surface area contributed by atoms with Gasteiger partial charge in [-0.1, -0.05) is 18.2 Å². The number of nitrogens with zero attached hydrogens (tertiary/aromatic N) is 2. The first-order valence-corrected chi connectivity index (χ1v) is 7.88. The number of urea groups is 1. The average Bonchev–Trinajstić information content (AvgIpc) is 2.47. The average molecular weight is 299 g/mol. The lowest BCUT2D eigenvalue weighted by atomic mass is 10.2. The molecule has 0 atom stereocenters. The van der Waals surface area contributed by atoms with E-state index in [2.05, 4.69) is 10.3 Å². The summed E-state index contributed by atoms with van der Waals surface area (Å²) in [6.07, 6.45) is 0. The van der Waals surface area contributed by atoms with E-state index in [1.807, 2.05) is 50.2 Å². The van der Waals surface area contributed by atoms with Crippen LogP contribution in [0.5, 0.6) is 0 Å². The van der Waals surface area contributed by atoms with Crippen molar-refractivity contribution in [2.24, 2.45) is 0 Å². The largest absolute Gasteiger partial charge is 0.326 e. The Morgan fingerprint density at radius 3 is 2.81 bits per heavy atom. The Kier molecular flexibility index (Phi) is 3.84. The van der Waals surface area contributed by atoms with Gasteiger partial charge in [-0.05, 0) is 37.6 Å². The van der Waals surface area contributed by atoms with Crippen molar-refractivity contribution in [1.82, 2.24) is 4.98 Å². The van der Waals surface area contributed by atoms with Crippen LogP contribution in [0.1, 0.15) is 11.3 Å². The summed E-state index contributed by atoms with van der Waals surface area (Å²) < 4.78 is 0. The Morgan fingerprint density at radius 1 is 1.29 bits per heavy atom. The number of hydrogen-bond donors (Lipinski definition) is 1. The summed E-state index contributed by atoms with van der Waals surface area (Å²) in [5.41, 5.74) is 3.82. The molecule has 1 N–H and O–H groups in total. The zero-order valence-corrected chi connectivity index (χ0v) is 12.9. The predicted octanol–water partition coefficient (Wildman–Crippen LogP) is 3.84. The van der Waals surface area contributed by atoms with Crippen LogP contribution in [0.3, 0.4) is 0 Å². The van der Waals surface area contributed by atoms with E-state index in [4.69, 9.17) is 0 Å². The summed E-state index contributed by atoms with van der Waals surface area (Å²) in [7, 11) is 0. The van der Waals surface area contributed by atoms with E-state index >= 15 is 0 Å². The highest BCUT2D eigenvalue weighted by atomic mass is 32.2. The number of rotatable bonds is 1. The summed E-state index contributed by atoms with van der Waals surface area (Å²) in [4.78, 5) is 18.9. The van der Waals surface area contributed by atoms with Gasteiger partial charge in [-0.15, -0.1) is 11.8 Å². The van der Waals surface area contributed by atoms with E-state index in [0.717, 1.165) is 33.4 Å².